The molecular weight excluding hydrogens is 492 g/mol. The summed E-state index contributed by atoms with van der Waals surface area (Å²) < 4.78 is 7.86. The van der Waals surface area contributed by atoms with Crippen LogP contribution in [0.3, 0.4) is 0 Å². The number of piperidine rings is 1. The highest BCUT2D eigenvalue weighted by Gasteiger charge is 2.47. The van der Waals surface area contributed by atoms with E-state index in [1.807, 2.05) is 17.1 Å². The summed E-state index contributed by atoms with van der Waals surface area (Å²) in [7, 11) is 0. The van der Waals surface area contributed by atoms with E-state index in [1.165, 1.54) is 0 Å². The highest BCUT2D eigenvalue weighted by atomic mass is 16.5. The molecule has 0 amide bonds. The number of hydrogen-bond donors (Lipinski definition) is 2. The molecule has 0 aliphatic carbocycles. The second-order valence-electron chi connectivity index (χ2n) is 11.3. The largest absolute Gasteiger partial charge is 0.376 e. The van der Waals surface area contributed by atoms with Gasteiger partial charge >= 0.3 is 0 Å². The zero-order valence-electron chi connectivity index (χ0n) is 22.7. The number of ether oxygens (including phenoxy) is 1. The Morgan fingerprint density at radius 2 is 2.03 bits per heavy atom. The van der Waals surface area contributed by atoms with Crippen LogP contribution in [0.15, 0.2) is 30.7 Å². The van der Waals surface area contributed by atoms with Crippen molar-refractivity contribution in [3.05, 3.63) is 36.4 Å². The first-order chi connectivity index (χ1) is 19.0. The Balaban J connectivity index is 1.12. The van der Waals surface area contributed by atoms with Crippen LogP contribution in [0, 0.1) is 5.41 Å². The van der Waals surface area contributed by atoms with Gasteiger partial charge in [-0.25, -0.2) is 9.97 Å². The van der Waals surface area contributed by atoms with Gasteiger partial charge in [0.05, 0.1) is 42.2 Å². The molecule has 7 heterocycles. The van der Waals surface area contributed by atoms with Crippen LogP contribution >= 0.6 is 0 Å². The van der Waals surface area contributed by atoms with Crippen molar-refractivity contribution in [2.75, 3.05) is 36.0 Å². The van der Waals surface area contributed by atoms with Gasteiger partial charge in [-0.1, -0.05) is 6.92 Å². The maximum absolute atomic E-state index is 6.51. The summed E-state index contributed by atoms with van der Waals surface area (Å²) in [4.78, 5) is 19.3. The first-order valence-electron chi connectivity index (χ1n) is 14.2. The normalized spacial score (nSPS) is 22.6. The molecule has 3 aliphatic rings. The van der Waals surface area contributed by atoms with Crippen molar-refractivity contribution in [2.24, 2.45) is 11.1 Å². The van der Waals surface area contributed by atoms with Gasteiger partial charge in [0.25, 0.3) is 0 Å². The molecule has 204 valence electrons. The first kappa shape index (κ1) is 24.5. The van der Waals surface area contributed by atoms with Crippen molar-refractivity contribution in [3.63, 3.8) is 0 Å². The van der Waals surface area contributed by atoms with E-state index in [1.54, 1.807) is 0 Å². The summed E-state index contributed by atoms with van der Waals surface area (Å²) in [6, 6.07) is 4.33. The average molecular weight is 529 g/mol. The number of nitrogens with two attached hydrogens (primary N) is 1. The highest BCUT2D eigenvalue weighted by Crippen LogP contribution is 2.42. The van der Waals surface area contributed by atoms with Crippen molar-refractivity contribution in [3.8, 4) is 11.3 Å². The Hall–Kier alpha value is -3.57. The number of fused-ring (bicyclic) bond motifs is 2. The molecule has 4 aromatic heterocycles. The predicted octanol–water partition coefficient (Wildman–Crippen LogP) is 3.44. The first-order valence-corrected chi connectivity index (χ1v) is 14.2. The lowest BCUT2D eigenvalue weighted by Gasteiger charge is -2.41. The number of anilines is 3. The fourth-order valence-electron chi connectivity index (χ4n) is 6.45. The number of hydrogen-bond acceptors (Lipinski definition) is 9. The molecule has 0 unspecified atom stereocenters. The van der Waals surface area contributed by atoms with Crippen molar-refractivity contribution in [2.45, 2.75) is 64.6 Å². The van der Waals surface area contributed by atoms with Crippen LogP contribution in [0.5, 0.6) is 0 Å². The van der Waals surface area contributed by atoms with Crippen LogP contribution in [0.1, 0.15) is 45.2 Å². The Labute approximate surface area is 227 Å². The number of aryl methyl sites for hydroxylation is 2. The zero-order chi connectivity index (χ0) is 26.6. The van der Waals surface area contributed by atoms with Gasteiger partial charge in [-0.05, 0) is 51.2 Å². The number of nitrogens with one attached hydrogen (secondary N) is 1. The molecule has 0 aromatic carbocycles. The molecule has 11 heteroatoms. The van der Waals surface area contributed by atoms with Gasteiger partial charge in [-0.3, -0.25) is 14.8 Å². The number of nitrogens with zero attached hydrogens (tertiary/aromatic N) is 8. The van der Waals surface area contributed by atoms with E-state index in [0.717, 1.165) is 105 Å². The van der Waals surface area contributed by atoms with Crippen molar-refractivity contribution >= 4 is 28.5 Å². The average Bonchev–Trinajstić information content (AvgIpc) is 3.68. The summed E-state index contributed by atoms with van der Waals surface area (Å²) in [6.45, 7) is 8.57. The third-order valence-electron chi connectivity index (χ3n) is 8.84. The molecule has 1 spiro atoms. The smallest absolute Gasteiger partial charge is 0.183 e. The van der Waals surface area contributed by atoms with E-state index in [9.17, 15) is 0 Å². The molecule has 0 saturated carbocycles. The van der Waals surface area contributed by atoms with Gasteiger partial charge in [0.15, 0.2) is 17.0 Å². The van der Waals surface area contributed by atoms with Gasteiger partial charge in [0.1, 0.15) is 5.82 Å². The van der Waals surface area contributed by atoms with E-state index in [2.05, 4.69) is 57.3 Å². The molecular formula is C28H36N10O. The maximum atomic E-state index is 6.51. The predicted molar refractivity (Wildman–Crippen MR) is 150 cm³/mol. The van der Waals surface area contributed by atoms with Crippen LogP contribution in [0.2, 0.25) is 0 Å². The minimum atomic E-state index is 0.0835. The van der Waals surface area contributed by atoms with E-state index in [-0.39, 0.29) is 17.6 Å². The van der Waals surface area contributed by atoms with Gasteiger partial charge in [-0.2, -0.15) is 10.2 Å². The van der Waals surface area contributed by atoms with Gasteiger partial charge < -0.3 is 20.3 Å². The van der Waals surface area contributed by atoms with E-state index in [0.29, 0.717) is 5.65 Å². The third kappa shape index (κ3) is 4.15. The fourth-order valence-corrected chi connectivity index (χ4v) is 6.45. The lowest BCUT2D eigenvalue weighted by atomic mass is 9.73. The Kier molecular flexibility index (Phi) is 6.00. The summed E-state index contributed by atoms with van der Waals surface area (Å²) >= 11 is 0. The number of pyridine rings is 1. The van der Waals surface area contributed by atoms with E-state index < -0.39 is 0 Å². The molecule has 39 heavy (non-hydrogen) atoms. The topological polar surface area (TPSA) is 127 Å². The zero-order valence-corrected chi connectivity index (χ0v) is 22.7. The second kappa shape index (κ2) is 9.56. The number of aromatic nitrogens is 7. The molecule has 2 fully saturated rings. The molecule has 11 nitrogen and oxygen atoms in total. The molecule has 2 atom stereocenters. The third-order valence-corrected chi connectivity index (χ3v) is 8.84. The molecule has 3 aliphatic heterocycles. The van der Waals surface area contributed by atoms with Gasteiger partial charge in [0, 0.05) is 49.4 Å². The second-order valence-corrected chi connectivity index (χ2v) is 11.3. The maximum Gasteiger partial charge on any atom is 0.183 e. The van der Waals surface area contributed by atoms with Gasteiger partial charge in [-0.15, -0.1) is 0 Å². The SMILES string of the molecule is CCCn1cc(-c2ccc3c(n2)CCCN3c2n[nH]c3nc(N4CCC5(CC4)CO[C@@H](C)[C@H]5N)cnc23)cn1. The minimum absolute atomic E-state index is 0.0835. The summed E-state index contributed by atoms with van der Waals surface area (Å²) in [5.41, 5.74) is 12.2. The van der Waals surface area contributed by atoms with Crippen LogP contribution in [0.4, 0.5) is 17.3 Å². The molecule has 0 radical (unpaired) electrons. The Morgan fingerprint density at radius 3 is 2.82 bits per heavy atom. The van der Waals surface area contributed by atoms with Crippen molar-refractivity contribution < 1.29 is 4.74 Å². The number of aromatic amines is 1. The van der Waals surface area contributed by atoms with Crippen LogP contribution in [0.25, 0.3) is 22.4 Å². The fraction of sp³-hybridized carbons (Fsp3) is 0.536. The molecule has 3 N–H and O–H groups in total. The monoisotopic (exact) mass is 528 g/mol. The van der Waals surface area contributed by atoms with Crippen molar-refractivity contribution in [1.82, 2.24) is 34.9 Å². The Morgan fingerprint density at radius 1 is 1.15 bits per heavy atom. The summed E-state index contributed by atoms with van der Waals surface area (Å²) in [5.74, 6) is 1.68. The summed E-state index contributed by atoms with van der Waals surface area (Å²) in [6.07, 6.45) is 11.0. The van der Waals surface area contributed by atoms with Crippen LogP contribution in [-0.2, 0) is 17.7 Å². The van der Waals surface area contributed by atoms with Crippen LogP contribution < -0.4 is 15.5 Å². The quantitative estimate of drug-likeness (QED) is 0.400. The van der Waals surface area contributed by atoms with Crippen LogP contribution in [-0.4, -0.2) is 73.3 Å². The Bertz CT molecular complexity index is 1490. The molecule has 2 saturated heterocycles. The molecule has 0 bridgehead atoms. The van der Waals surface area contributed by atoms with Gasteiger partial charge in [0.2, 0.25) is 0 Å². The molecule has 4 aromatic rings. The number of rotatable bonds is 5. The lowest BCUT2D eigenvalue weighted by Crippen LogP contribution is -2.50. The minimum Gasteiger partial charge on any atom is -0.376 e. The highest BCUT2D eigenvalue weighted by molar-refractivity contribution is 5.87. The number of H-pyrrole nitrogens is 1. The van der Waals surface area contributed by atoms with E-state index >= 15 is 0 Å². The standard InChI is InChI=1S/C28H36N10O/c1-3-10-37-16-19(14-31-37)20-6-7-22-21(32-20)5-4-11-38(22)27-24-26(34-35-27)33-23(15-30-24)36-12-8-28(9-13-36)17-39-18(2)25(28)29/h6-7,14-16,18,25H,3-5,8-13,17,29H2,1-2H3,(H,33,34,35)/t18-,25+/m0/s1. The molecule has 7 rings (SSSR count). The van der Waals surface area contributed by atoms with E-state index in [4.69, 9.17) is 25.4 Å². The van der Waals surface area contributed by atoms with Crippen molar-refractivity contribution in [1.29, 1.82) is 0 Å². The lowest BCUT2D eigenvalue weighted by molar-refractivity contribution is 0.0974. The summed E-state index contributed by atoms with van der Waals surface area (Å²) in [5, 5.41) is 12.3.